The van der Waals surface area contributed by atoms with Crippen LogP contribution in [0.5, 0.6) is 0 Å². The first-order valence-corrected chi connectivity index (χ1v) is 26.2. The molecule has 84 heavy (non-hydrogen) atoms. The third-order valence-electron chi connectivity index (χ3n) is 14.9. The molecule has 0 radical (unpaired) electrons. The molecule has 3 aromatic rings. The molecular formula is C55H64F10N10O9. The Bertz CT molecular complexity index is 2930. The van der Waals surface area contributed by atoms with Gasteiger partial charge in [-0.1, -0.05) is 24.0 Å². The maximum atomic E-state index is 16.0. The number of nitrogens with one attached hydrogen (secondary N) is 4. The highest BCUT2D eigenvalue weighted by Crippen LogP contribution is 2.42. The van der Waals surface area contributed by atoms with E-state index < -0.39 is 132 Å². The number of aliphatic imine (C=N–C) groups is 1. The van der Waals surface area contributed by atoms with E-state index in [4.69, 9.17) is 10.5 Å². The molecule has 7 atom stereocenters. The zero-order chi connectivity index (χ0) is 62.1. The average Bonchev–Trinajstić information content (AvgIpc) is 2.75. The molecule has 3 fully saturated rings. The van der Waals surface area contributed by atoms with Crippen molar-refractivity contribution in [3.63, 3.8) is 0 Å². The predicted octanol–water partition coefficient (Wildman–Crippen LogP) is 6.26. The Kier molecular flexibility index (Phi) is 21.3. The van der Waals surface area contributed by atoms with E-state index in [1.807, 2.05) is 21.7 Å². The number of aromatic nitrogens is 1. The standard InChI is InChI=1S/C55H64F10N10O9/c1-52(2,54(60,61)62)44(70-50(80)82-5)46(77)69-40(20-31-12-9-30(10-13-31)11-14-32-15-18-43(67-24-32)73-26-35-16-17-36(27-73)75(35)48(79)42-8-7-19-84-42)41(76)29-74(72-47(78)45(71-51(81)83-6)53(3,4)55(63,64)65)28-37-38(56)21-33(22-39(37)57)34(23-66)25-68-49(58)59/h9-10,12-13,15,18,21-25,35-36,40-42,44-45,49,76H,7-8,16-17,19-20,26-29,66H2,1-6H3,(H,69,77)(H,70,80)(H,71,81)(H,72,78)/b34-23+,68-25+/t35?,36?,40-,41-,42-,44+,45+/m0/s1. The number of nitrogens with two attached hydrogens (primary N) is 1. The Hall–Kier alpha value is -7.71. The van der Waals surface area contributed by atoms with Gasteiger partial charge in [0.1, 0.15) is 35.6 Å². The average molecular weight is 1200 g/mol. The number of piperazine rings is 1. The van der Waals surface area contributed by atoms with Crippen LogP contribution in [0.4, 0.5) is 59.3 Å². The molecule has 2 bridgehead atoms. The van der Waals surface area contributed by atoms with E-state index in [0.29, 0.717) is 100 Å². The normalized spacial score (nSPS) is 19.1. The maximum Gasteiger partial charge on any atom is 0.407 e. The number of pyridine rings is 1. The Morgan fingerprint density at radius 3 is 1.87 bits per heavy atom. The van der Waals surface area contributed by atoms with Crippen molar-refractivity contribution < 1.29 is 87.2 Å². The van der Waals surface area contributed by atoms with Gasteiger partial charge in [0, 0.05) is 85.7 Å². The molecule has 29 heteroatoms. The van der Waals surface area contributed by atoms with Crippen molar-refractivity contribution in [3.8, 4) is 11.8 Å². The van der Waals surface area contributed by atoms with Crippen molar-refractivity contribution in [3.05, 3.63) is 100 Å². The molecule has 5 amide bonds. The van der Waals surface area contributed by atoms with Crippen molar-refractivity contribution in [2.75, 3.05) is 45.4 Å². The van der Waals surface area contributed by atoms with Gasteiger partial charge < -0.3 is 50.8 Å². The maximum absolute atomic E-state index is 16.0. The number of anilines is 1. The fraction of sp³-hybridized carbons (Fsp3) is 0.509. The number of aliphatic hydroxyl groups is 1. The third-order valence-corrected chi connectivity index (χ3v) is 14.9. The number of alkyl halides is 8. The summed E-state index contributed by atoms with van der Waals surface area (Å²) in [5.41, 5.74) is 0.663. The molecule has 3 aliphatic heterocycles. The van der Waals surface area contributed by atoms with Crippen LogP contribution in [0, 0.1) is 34.3 Å². The number of hydrogen-bond donors (Lipinski definition) is 6. The first-order chi connectivity index (χ1) is 39.4. The lowest BCUT2D eigenvalue weighted by Gasteiger charge is -2.42. The lowest BCUT2D eigenvalue weighted by atomic mass is 9.82. The van der Waals surface area contributed by atoms with Crippen LogP contribution in [-0.2, 0) is 41.6 Å². The summed E-state index contributed by atoms with van der Waals surface area (Å²) in [5.74, 6) is 0.489. The lowest BCUT2D eigenvalue weighted by Crippen LogP contribution is -2.63. The highest BCUT2D eigenvalue weighted by molar-refractivity contribution is 6.09. The number of ether oxygens (including phenoxy) is 3. The van der Waals surface area contributed by atoms with Crippen LogP contribution in [0.3, 0.4) is 0 Å². The zero-order valence-corrected chi connectivity index (χ0v) is 46.3. The fourth-order valence-electron chi connectivity index (χ4n) is 9.72. The summed E-state index contributed by atoms with van der Waals surface area (Å²) in [5, 5.41) is 18.4. The van der Waals surface area contributed by atoms with Gasteiger partial charge in [-0.3, -0.25) is 19.8 Å². The molecule has 7 N–H and O–H groups in total. The minimum absolute atomic E-state index is 0.0246. The van der Waals surface area contributed by atoms with Gasteiger partial charge in [0.15, 0.2) is 0 Å². The molecule has 2 aromatic carbocycles. The summed E-state index contributed by atoms with van der Waals surface area (Å²) >= 11 is 0. The number of rotatable bonds is 20. The number of nitrogens with zero attached hydrogens (tertiary/aromatic N) is 5. The number of carbonyl (C=O) groups is 5. The monoisotopic (exact) mass is 1200 g/mol. The summed E-state index contributed by atoms with van der Waals surface area (Å²) in [6.45, 7) is -1.62. The Balaban J connectivity index is 1.31. The number of halogens is 10. The summed E-state index contributed by atoms with van der Waals surface area (Å²) in [7, 11) is 1.58. The van der Waals surface area contributed by atoms with Crippen molar-refractivity contribution in [2.24, 2.45) is 21.6 Å². The van der Waals surface area contributed by atoms with Gasteiger partial charge in [0.05, 0.1) is 37.2 Å². The van der Waals surface area contributed by atoms with Crippen LogP contribution in [0.15, 0.2) is 65.9 Å². The van der Waals surface area contributed by atoms with E-state index in [-0.39, 0.29) is 23.6 Å². The topological polar surface area (TPSA) is 242 Å². The van der Waals surface area contributed by atoms with Crippen LogP contribution in [-0.4, -0.2) is 158 Å². The molecule has 0 aliphatic carbocycles. The SMILES string of the molecule is COC(=O)N[C@H](C(=O)N[C@@H](Cc1ccc(C#Cc2ccc(N3CC4CCC(C3)N4C(=O)[C@@H]3CCCO3)nc2)cc1)[C@@H](O)CN(Cc1c(F)cc(C(=C/N)/C=N/C(F)F)cc1F)NC(=O)[C@@H](NC(=O)OC)C(C)(C)C(F)(F)F)C(C)(C)C(F)(F)F. The van der Waals surface area contributed by atoms with Crippen molar-refractivity contribution in [2.45, 2.75) is 128 Å². The van der Waals surface area contributed by atoms with Crippen molar-refractivity contribution in [1.29, 1.82) is 0 Å². The minimum Gasteiger partial charge on any atom is -0.453 e. The number of hydrogen-bond acceptors (Lipinski definition) is 14. The zero-order valence-electron chi connectivity index (χ0n) is 46.3. The summed E-state index contributed by atoms with van der Waals surface area (Å²) in [6.07, 6.45) is -10.5. The summed E-state index contributed by atoms with van der Waals surface area (Å²) < 4.78 is 160. The van der Waals surface area contributed by atoms with Gasteiger partial charge in [0.2, 0.25) is 5.91 Å². The number of allylic oxidation sites excluding steroid dienone is 1. The van der Waals surface area contributed by atoms with Gasteiger partial charge in [-0.05, 0) is 107 Å². The molecule has 0 spiro atoms. The number of hydrazine groups is 1. The van der Waals surface area contributed by atoms with E-state index >= 15 is 8.78 Å². The molecular weight excluding hydrogens is 1130 g/mol. The first kappa shape index (κ1) is 65.4. The number of methoxy groups -OCH3 is 2. The van der Waals surface area contributed by atoms with Gasteiger partial charge >= 0.3 is 31.1 Å². The van der Waals surface area contributed by atoms with Gasteiger partial charge in [-0.2, -0.15) is 35.1 Å². The molecule has 19 nitrogen and oxygen atoms in total. The van der Waals surface area contributed by atoms with E-state index in [1.54, 1.807) is 17.6 Å². The molecule has 3 saturated heterocycles. The fourth-order valence-corrected chi connectivity index (χ4v) is 9.72. The largest absolute Gasteiger partial charge is 0.453 e. The molecule has 458 valence electrons. The number of alkyl carbamates (subject to hydrolysis) is 2. The van der Waals surface area contributed by atoms with Gasteiger partial charge in [0.25, 0.3) is 11.8 Å². The summed E-state index contributed by atoms with van der Waals surface area (Å²) in [6, 6.07) is 3.91. The predicted molar refractivity (Wildman–Crippen MR) is 283 cm³/mol. The van der Waals surface area contributed by atoms with E-state index in [9.17, 15) is 64.2 Å². The number of carbonyl (C=O) groups excluding carboxylic acids is 5. The Morgan fingerprint density at radius 2 is 1.38 bits per heavy atom. The highest BCUT2D eigenvalue weighted by atomic mass is 19.4. The van der Waals surface area contributed by atoms with E-state index in [2.05, 4.69) is 41.5 Å². The van der Waals surface area contributed by atoms with Crippen LogP contribution in [0.25, 0.3) is 5.57 Å². The van der Waals surface area contributed by atoms with Crippen LogP contribution < -0.4 is 32.0 Å². The molecule has 1 aromatic heterocycles. The second-order valence-corrected chi connectivity index (χ2v) is 21.3. The van der Waals surface area contributed by atoms with Crippen molar-refractivity contribution >= 4 is 47.5 Å². The second kappa shape index (κ2) is 27.3. The number of aliphatic hydroxyl groups excluding tert-OH is 1. The second-order valence-electron chi connectivity index (χ2n) is 21.3. The summed E-state index contributed by atoms with van der Waals surface area (Å²) in [4.78, 5) is 77.7. The van der Waals surface area contributed by atoms with Crippen LogP contribution >= 0.6 is 0 Å². The quantitative estimate of drug-likeness (QED) is 0.0241. The number of benzene rings is 2. The molecule has 2 unspecified atom stereocenters. The van der Waals surface area contributed by atoms with Gasteiger partial charge in [-0.15, -0.1) is 0 Å². The van der Waals surface area contributed by atoms with Crippen LogP contribution in [0.1, 0.15) is 81.2 Å². The number of amides is 5. The molecule has 0 saturated carbocycles. The van der Waals surface area contributed by atoms with E-state index in [0.717, 1.165) is 33.5 Å². The van der Waals surface area contributed by atoms with E-state index in [1.165, 1.54) is 24.3 Å². The Morgan fingerprint density at radius 1 is 0.833 bits per heavy atom. The Labute approximate surface area is 476 Å². The smallest absolute Gasteiger partial charge is 0.407 e. The lowest BCUT2D eigenvalue weighted by molar-refractivity contribution is -0.221. The first-order valence-electron chi connectivity index (χ1n) is 26.2. The molecule has 3 aliphatic rings. The van der Waals surface area contributed by atoms with Gasteiger partial charge in [-0.25, -0.2) is 33.4 Å². The minimum atomic E-state index is -5.25. The number of fused-ring (bicyclic) bond motifs is 2. The molecule has 4 heterocycles. The third kappa shape index (κ3) is 15.9. The van der Waals surface area contributed by atoms with Crippen molar-refractivity contribution in [1.82, 2.24) is 36.3 Å². The molecule has 6 rings (SSSR count). The highest BCUT2D eigenvalue weighted by Gasteiger charge is 2.57. The van der Waals surface area contributed by atoms with Crippen LogP contribution in [0.2, 0.25) is 0 Å².